The summed E-state index contributed by atoms with van der Waals surface area (Å²) in [5.41, 5.74) is 5.00. The van der Waals surface area contributed by atoms with Crippen LogP contribution >= 0.6 is 0 Å². The summed E-state index contributed by atoms with van der Waals surface area (Å²) >= 11 is 0. The molecule has 1 amide bonds. The molecule has 35 heavy (non-hydrogen) atoms. The molecule has 5 N–H and O–H groups in total. The fourth-order valence-corrected chi connectivity index (χ4v) is 4.88. The van der Waals surface area contributed by atoms with E-state index in [1.165, 1.54) is 18.6 Å². The molecule has 0 aliphatic carbocycles. The quantitative estimate of drug-likeness (QED) is 0.270. The van der Waals surface area contributed by atoms with Crippen molar-refractivity contribution in [1.29, 1.82) is 0 Å². The zero-order valence-electron chi connectivity index (χ0n) is 19.3. The van der Waals surface area contributed by atoms with Gasteiger partial charge in [-0.1, -0.05) is 12.1 Å². The lowest BCUT2D eigenvalue weighted by Gasteiger charge is -2.37. The molecule has 0 bridgehead atoms. The van der Waals surface area contributed by atoms with Gasteiger partial charge in [0.15, 0.2) is 0 Å². The van der Waals surface area contributed by atoms with E-state index in [2.05, 4.69) is 30.3 Å². The van der Waals surface area contributed by atoms with Crippen molar-refractivity contribution < 1.29 is 13.2 Å². The summed E-state index contributed by atoms with van der Waals surface area (Å²) in [6, 6.07) is 15.2. The largest absolute Gasteiger partial charge is 0.372 e. The van der Waals surface area contributed by atoms with E-state index >= 15 is 0 Å². The summed E-state index contributed by atoms with van der Waals surface area (Å²) in [5.74, 6) is 5.76. The Balaban J connectivity index is 1.33. The highest BCUT2D eigenvalue weighted by molar-refractivity contribution is 7.92. The fraction of sp³-hybridized carbons (Fsp3) is 0.261. The lowest BCUT2D eigenvalue weighted by Crippen LogP contribution is -2.52. The minimum absolute atomic E-state index is 0.00807. The van der Waals surface area contributed by atoms with E-state index in [0.29, 0.717) is 26.2 Å². The molecule has 0 spiro atoms. The first-order valence-electron chi connectivity index (χ1n) is 11.1. The molecular formula is C23H28N8O3S. The Kier molecular flexibility index (Phi) is 7.32. The van der Waals surface area contributed by atoms with Crippen LogP contribution in [0.25, 0.3) is 0 Å². The third-order valence-electron chi connectivity index (χ3n) is 5.75. The molecule has 4 rings (SSSR count). The van der Waals surface area contributed by atoms with Crippen molar-refractivity contribution in [2.45, 2.75) is 17.9 Å². The van der Waals surface area contributed by atoms with E-state index in [1.54, 1.807) is 24.3 Å². The zero-order valence-corrected chi connectivity index (χ0v) is 20.1. The lowest BCUT2D eigenvalue weighted by molar-refractivity contribution is -0.131. The number of piperazine rings is 1. The molecule has 0 radical (unpaired) electrons. The van der Waals surface area contributed by atoms with Crippen molar-refractivity contribution in [3.05, 3.63) is 67.1 Å². The maximum Gasteiger partial charge on any atom is 0.263 e. The number of nitrogens with one attached hydrogen (secondary N) is 3. The van der Waals surface area contributed by atoms with Crippen LogP contribution in [0.4, 0.5) is 22.9 Å². The molecule has 12 heteroatoms. The minimum atomic E-state index is -3.75. The summed E-state index contributed by atoms with van der Waals surface area (Å²) in [7, 11) is -3.75. The normalized spacial score (nSPS) is 14.8. The Morgan fingerprint density at radius 2 is 1.69 bits per heavy atom. The van der Waals surface area contributed by atoms with Crippen molar-refractivity contribution in [2.75, 3.05) is 46.5 Å². The van der Waals surface area contributed by atoms with Gasteiger partial charge < -0.3 is 20.5 Å². The third-order valence-corrected chi connectivity index (χ3v) is 7.12. The van der Waals surface area contributed by atoms with Crippen molar-refractivity contribution in [3.63, 3.8) is 0 Å². The van der Waals surface area contributed by atoms with Crippen molar-refractivity contribution in [3.8, 4) is 0 Å². The molecule has 1 fully saturated rings. The number of hydrogen-bond acceptors (Lipinski definition) is 9. The van der Waals surface area contributed by atoms with Crippen LogP contribution in [-0.4, -0.2) is 61.4 Å². The maximum atomic E-state index is 13.0. The van der Waals surface area contributed by atoms with Crippen LogP contribution in [0.3, 0.4) is 0 Å². The SMILES string of the molecule is CC(Nc1ccccc1NN)C(=O)N1CCN(c2ccc(S(=O)(=O)Nc3ccncn3)cc2)CC1. The van der Waals surface area contributed by atoms with Gasteiger partial charge in [-0.05, 0) is 49.4 Å². The number of benzene rings is 2. The number of anilines is 4. The van der Waals surface area contributed by atoms with Gasteiger partial charge in [0, 0.05) is 38.1 Å². The number of hydrogen-bond donors (Lipinski definition) is 4. The minimum Gasteiger partial charge on any atom is -0.372 e. The van der Waals surface area contributed by atoms with Gasteiger partial charge in [0.2, 0.25) is 5.91 Å². The van der Waals surface area contributed by atoms with Crippen LogP contribution in [0.1, 0.15) is 6.92 Å². The second-order valence-electron chi connectivity index (χ2n) is 8.06. The monoisotopic (exact) mass is 496 g/mol. The first kappa shape index (κ1) is 24.2. The molecular weight excluding hydrogens is 468 g/mol. The van der Waals surface area contributed by atoms with Crippen molar-refractivity contribution in [2.24, 2.45) is 5.84 Å². The number of amides is 1. The predicted octanol–water partition coefficient (Wildman–Crippen LogP) is 1.71. The number of sulfonamides is 1. The topological polar surface area (TPSA) is 146 Å². The van der Waals surface area contributed by atoms with E-state index < -0.39 is 16.1 Å². The molecule has 1 aliphatic heterocycles. The smallest absolute Gasteiger partial charge is 0.263 e. The van der Waals surface area contributed by atoms with Crippen molar-refractivity contribution in [1.82, 2.24) is 14.9 Å². The van der Waals surface area contributed by atoms with Crippen LogP contribution in [0.2, 0.25) is 0 Å². The molecule has 2 aromatic carbocycles. The average Bonchev–Trinajstić information content (AvgIpc) is 2.89. The van der Waals surface area contributed by atoms with E-state index in [1.807, 2.05) is 36.1 Å². The Bertz CT molecular complexity index is 1250. The molecule has 11 nitrogen and oxygen atoms in total. The Morgan fingerprint density at radius 1 is 1.00 bits per heavy atom. The number of aromatic nitrogens is 2. The summed E-state index contributed by atoms with van der Waals surface area (Å²) in [4.78, 5) is 24.7. The Hall–Kier alpha value is -3.90. The van der Waals surface area contributed by atoms with Gasteiger partial charge in [-0.2, -0.15) is 0 Å². The number of nitrogen functional groups attached to an aromatic ring is 1. The number of carbonyl (C=O) groups is 1. The first-order valence-corrected chi connectivity index (χ1v) is 12.6. The van der Waals surface area contributed by atoms with Gasteiger partial charge in [0.05, 0.1) is 16.3 Å². The Morgan fingerprint density at radius 3 is 2.31 bits per heavy atom. The average molecular weight is 497 g/mol. The highest BCUT2D eigenvalue weighted by atomic mass is 32.2. The number of carbonyl (C=O) groups excluding carboxylic acids is 1. The molecule has 1 unspecified atom stereocenters. The van der Waals surface area contributed by atoms with Gasteiger partial charge >= 0.3 is 0 Å². The first-order chi connectivity index (χ1) is 16.9. The summed E-state index contributed by atoms with van der Waals surface area (Å²) in [5, 5.41) is 3.22. The molecule has 1 atom stereocenters. The van der Waals surface area contributed by atoms with Crippen molar-refractivity contribution >= 4 is 38.8 Å². The van der Waals surface area contributed by atoms with Crippen LogP contribution < -0.4 is 26.2 Å². The number of rotatable bonds is 8. The van der Waals surface area contributed by atoms with Gasteiger partial charge in [0.1, 0.15) is 18.2 Å². The summed E-state index contributed by atoms with van der Waals surface area (Å²) < 4.78 is 27.6. The molecule has 0 saturated carbocycles. The maximum absolute atomic E-state index is 13.0. The number of nitrogens with zero attached hydrogens (tertiary/aromatic N) is 4. The molecule has 2 heterocycles. The number of nitrogens with two attached hydrogens (primary N) is 1. The third kappa shape index (κ3) is 5.78. The molecule has 1 aromatic heterocycles. The van der Waals surface area contributed by atoms with Gasteiger partial charge in [-0.3, -0.25) is 15.4 Å². The molecule has 1 saturated heterocycles. The van der Waals surface area contributed by atoms with Gasteiger partial charge in [0.25, 0.3) is 10.0 Å². The van der Waals surface area contributed by atoms with Crippen LogP contribution in [0.15, 0.2) is 72.0 Å². The highest BCUT2D eigenvalue weighted by Gasteiger charge is 2.26. The molecule has 1 aliphatic rings. The number of para-hydroxylation sites is 2. The van der Waals surface area contributed by atoms with E-state index in [9.17, 15) is 13.2 Å². The van der Waals surface area contributed by atoms with Crippen LogP contribution in [0, 0.1) is 0 Å². The van der Waals surface area contributed by atoms with Crippen LogP contribution in [0.5, 0.6) is 0 Å². The second-order valence-corrected chi connectivity index (χ2v) is 9.74. The predicted molar refractivity (Wildman–Crippen MR) is 135 cm³/mol. The van der Waals surface area contributed by atoms with E-state index in [0.717, 1.165) is 17.1 Å². The fourth-order valence-electron chi connectivity index (χ4n) is 3.87. The zero-order chi connectivity index (χ0) is 24.8. The van der Waals surface area contributed by atoms with E-state index in [-0.39, 0.29) is 16.6 Å². The summed E-state index contributed by atoms with van der Waals surface area (Å²) in [6.07, 6.45) is 2.74. The molecule has 3 aromatic rings. The Labute approximate surface area is 204 Å². The highest BCUT2D eigenvalue weighted by Crippen LogP contribution is 2.23. The number of hydrazine groups is 1. The van der Waals surface area contributed by atoms with Gasteiger partial charge in [-0.25, -0.2) is 18.4 Å². The van der Waals surface area contributed by atoms with E-state index in [4.69, 9.17) is 5.84 Å². The molecule has 184 valence electrons. The van der Waals surface area contributed by atoms with Crippen LogP contribution in [-0.2, 0) is 14.8 Å². The van der Waals surface area contributed by atoms with Gasteiger partial charge in [-0.15, -0.1) is 0 Å². The second kappa shape index (κ2) is 10.6. The summed E-state index contributed by atoms with van der Waals surface area (Å²) in [6.45, 7) is 4.25. The standard InChI is InChI=1S/C23H28N8O3S/c1-17(27-20-4-2-3-5-21(20)28-24)23(32)31-14-12-30(13-15-31)18-6-8-19(9-7-18)35(33,34)29-22-10-11-25-16-26-22/h2-11,16-17,27-28H,12-15,24H2,1H3,(H,25,26,29). The lowest BCUT2D eigenvalue weighted by atomic mass is 10.2.